The summed E-state index contributed by atoms with van der Waals surface area (Å²) in [6.45, 7) is 3.86. The fraction of sp³-hybridized carbons (Fsp3) is 0.500. The number of nitrogen functional groups attached to an aromatic ring is 1. The molecule has 4 fully saturated rings. The first-order chi connectivity index (χ1) is 18.2. The molecular weight excluding hydrogens is 500 g/mol. The van der Waals surface area contributed by atoms with E-state index < -0.39 is 17.9 Å². The van der Waals surface area contributed by atoms with E-state index in [9.17, 15) is 14.4 Å². The van der Waals surface area contributed by atoms with E-state index in [4.69, 9.17) is 15.2 Å². The number of carbonyl (C=O) groups excluding carboxylic acids is 3. The average molecular weight is 535 g/mol. The van der Waals surface area contributed by atoms with Gasteiger partial charge in [0.1, 0.15) is 0 Å². The van der Waals surface area contributed by atoms with Gasteiger partial charge in [-0.3, -0.25) is 4.79 Å². The minimum Gasteiger partial charge on any atom is -0.465 e. The minimum absolute atomic E-state index is 0.186. The number of thiophene rings is 1. The standard InChI is InChI=1S/C30H34N2O5S/c1-4-37-29(35)21-15(2)32-27-23(22(21)19-5-7-20(8-6-19)28(34)36-3)24(31)25(38-27)26(33)30-12-16-9-17(13-30)11-18(10-16)14-30/h5-8,16-18,22,32H,4,9-14,31H2,1-3H3/t16?,17?,18?,22-,30?/m0/s1. The summed E-state index contributed by atoms with van der Waals surface area (Å²) >= 11 is 1.41. The van der Waals surface area contributed by atoms with Crippen LogP contribution in [0.1, 0.15) is 89.4 Å². The van der Waals surface area contributed by atoms with E-state index in [0.29, 0.717) is 45.2 Å². The van der Waals surface area contributed by atoms with E-state index in [-0.39, 0.29) is 17.8 Å². The lowest BCUT2D eigenvalue weighted by molar-refractivity contribution is -0.138. The fourth-order valence-electron chi connectivity index (χ4n) is 7.98. The number of anilines is 2. The molecular formula is C30H34N2O5S. The Balaban J connectivity index is 1.44. The highest BCUT2D eigenvalue weighted by Gasteiger charge is 2.55. The Bertz CT molecular complexity index is 1320. The average Bonchev–Trinajstić information content (AvgIpc) is 3.21. The number of ketones is 1. The molecule has 38 heavy (non-hydrogen) atoms. The van der Waals surface area contributed by atoms with Crippen molar-refractivity contribution in [2.45, 2.75) is 58.3 Å². The van der Waals surface area contributed by atoms with Gasteiger partial charge < -0.3 is 20.5 Å². The van der Waals surface area contributed by atoms with Crippen LogP contribution in [0.5, 0.6) is 0 Å². The number of esters is 2. The molecule has 0 spiro atoms. The second-order valence-electron chi connectivity index (χ2n) is 11.5. The van der Waals surface area contributed by atoms with E-state index in [1.165, 1.54) is 37.7 Å². The molecule has 4 aliphatic carbocycles. The van der Waals surface area contributed by atoms with E-state index in [1.54, 1.807) is 19.1 Å². The second-order valence-corrected chi connectivity index (χ2v) is 12.6. The molecule has 0 unspecified atom stereocenters. The summed E-state index contributed by atoms with van der Waals surface area (Å²) in [4.78, 5) is 40.1. The molecule has 0 radical (unpaired) electrons. The molecule has 7 nitrogen and oxygen atoms in total. The first-order valence-electron chi connectivity index (χ1n) is 13.5. The quantitative estimate of drug-likeness (QED) is 0.350. The zero-order valence-corrected chi connectivity index (χ0v) is 22.9. The SMILES string of the molecule is CCOC(=O)C1=C(C)Nc2sc(C(=O)C34CC5CC(CC(C5)C3)C4)c(N)c2[C@H]1c1ccc(C(=O)OC)cc1. The van der Waals surface area contributed by atoms with Crippen molar-refractivity contribution in [2.75, 3.05) is 24.8 Å². The van der Waals surface area contributed by atoms with Crippen LogP contribution in [0.15, 0.2) is 35.5 Å². The molecule has 2 heterocycles. The minimum atomic E-state index is -0.522. The second kappa shape index (κ2) is 9.26. The zero-order valence-electron chi connectivity index (χ0n) is 22.1. The van der Waals surface area contributed by atoms with Crippen molar-refractivity contribution in [3.05, 3.63) is 57.1 Å². The third-order valence-electron chi connectivity index (χ3n) is 9.15. The van der Waals surface area contributed by atoms with Gasteiger partial charge in [0.2, 0.25) is 0 Å². The molecule has 0 amide bonds. The van der Waals surface area contributed by atoms with Crippen LogP contribution in [-0.2, 0) is 14.3 Å². The molecule has 2 aromatic rings. The molecule has 7 rings (SSSR count). The molecule has 1 aliphatic heterocycles. The number of nitrogens with two attached hydrogens (primary N) is 1. The van der Waals surface area contributed by atoms with Crippen molar-refractivity contribution in [3.8, 4) is 0 Å². The highest BCUT2D eigenvalue weighted by Crippen LogP contribution is 2.62. The van der Waals surface area contributed by atoms with Crippen LogP contribution >= 0.6 is 11.3 Å². The van der Waals surface area contributed by atoms with Crippen molar-refractivity contribution in [3.63, 3.8) is 0 Å². The molecule has 1 aromatic carbocycles. The van der Waals surface area contributed by atoms with Crippen LogP contribution in [0, 0.1) is 23.2 Å². The first-order valence-corrected chi connectivity index (χ1v) is 14.4. The number of fused-ring (bicyclic) bond motifs is 1. The summed E-state index contributed by atoms with van der Waals surface area (Å²) in [5.74, 6) is 0.762. The Kier molecular flexibility index (Phi) is 6.13. The number of methoxy groups -OCH3 is 1. The lowest BCUT2D eigenvalue weighted by atomic mass is 9.48. The molecule has 1 atom stereocenters. The normalized spacial score (nSPS) is 29.0. The highest BCUT2D eigenvalue weighted by atomic mass is 32.1. The van der Waals surface area contributed by atoms with Gasteiger partial charge in [0.25, 0.3) is 0 Å². The topological polar surface area (TPSA) is 108 Å². The van der Waals surface area contributed by atoms with Gasteiger partial charge in [-0.15, -0.1) is 11.3 Å². The van der Waals surface area contributed by atoms with Crippen LogP contribution in [0.4, 0.5) is 10.7 Å². The maximum atomic E-state index is 14.3. The molecule has 1 aromatic heterocycles. The Morgan fingerprint density at radius 1 is 1.03 bits per heavy atom. The van der Waals surface area contributed by atoms with Gasteiger partial charge in [0.15, 0.2) is 5.78 Å². The van der Waals surface area contributed by atoms with Gasteiger partial charge in [-0.2, -0.15) is 0 Å². The summed E-state index contributed by atoms with van der Waals surface area (Å²) in [6, 6.07) is 7.00. The van der Waals surface area contributed by atoms with Gasteiger partial charge in [0.05, 0.1) is 40.4 Å². The zero-order chi connectivity index (χ0) is 26.8. The Morgan fingerprint density at radius 3 is 2.18 bits per heavy atom. The number of rotatable bonds is 6. The smallest absolute Gasteiger partial charge is 0.337 e. The van der Waals surface area contributed by atoms with Gasteiger partial charge in [-0.1, -0.05) is 12.1 Å². The van der Waals surface area contributed by atoms with Gasteiger partial charge in [-0.25, -0.2) is 9.59 Å². The van der Waals surface area contributed by atoms with Crippen LogP contribution < -0.4 is 11.1 Å². The highest BCUT2D eigenvalue weighted by molar-refractivity contribution is 7.19. The molecule has 4 saturated carbocycles. The predicted molar refractivity (Wildman–Crippen MR) is 146 cm³/mol. The molecule has 0 saturated heterocycles. The number of carbonyl (C=O) groups is 3. The fourth-order valence-corrected chi connectivity index (χ4v) is 9.25. The molecule has 3 N–H and O–H groups in total. The number of ether oxygens (including phenoxy) is 2. The Hall–Kier alpha value is -3.13. The van der Waals surface area contributed by atoms with Gasteiger partial charge in [-0.05, 0) is 87.8 Å². The largest absolute Gasteiger partial charge is 0.465 e. The first kappa shape index (κ1) is 25.2. The maximum absolute atomic E-state index is 14.3. The van der Waals surface area contributed by atoms with Crippen LogP contribution in [0.2, 0.25) is 0 Å². The van der Waals surface area contributed by atoms with E-state index >= 15 is 0 Å². The summed E-state index contributed by atoms with van der Waals surface area (Å²) < 4.78 is 10.3. The summed E-state index contributed by atoms with van der Waals surface area (Å²) in [5, 5.41) is 4.16. The summed E-state index contributed by atoms with van der Waals surface area (Å²) in [7, 11) is 1.34. The molecule has 5 aliphatic rings. The van der Waals surface area contributed by atoms with Gasteiger partial charge in [0, 0.05) is 22.6 Å². The monoisotopic (exact) mass is 534 g/mol. The molecule has 8 heteroatoms. The third-order valence-corrected chi connectivity index (χ3v) is 10.3. The van der Waals surface area contributed by atoms with Crippen LogP contribution in [0.25, 0.3) is 0 Å². The van der Waals surface area contributed by atoms with Gasteiger partial charge >= 0.3 is 11.9 Å². The summed E-state index contributed by atoms with van der Waals surface area (Å²) in [6.07, 6.45) is 6.70. The Labute approximate surface area is 226 Å². The van der Waals surface area contributed by atoms with E-state index in [0.717, 1.165) is 35.4 Å². The predicted octanol–water partition coefficient (Wildman–Crippen LogP) is 5.91. The molecule has 200 valence electrons. The number of hydrogen-bond donors (Lipinski definition) is 2. The van der Waals surface area contributed by atoms with E-state index in [2.05, 4.69) is 5.32 Å². The lowest BCUT2D eigenvalue weighted by Gasteiger charge is -2.55. The van der Waals surface area contributed by atoms with Crippen LogP contribution in [0.3, 0.4) is 0 Å². The number of benzene rings is 1. The van der Waals surface area contributed by atoms with Crippen molar-refractivity contribution >= 4 is 39.7 Å². The number of Topliss-reactive ketones (excluding diaryl/α,β-unsaturated/α-hetero) is 1. The van der Waals surface area contributed by atoms with Crippen molar-refractivity contribution < 1.29 is 23.9 Å². The maximum Gasteiger partial charge on any atom is 0.337 e. The third kappa shape index (κ3) is 3.87. The van der Waals surface area contributed by atoms with Crippen molar-refractivity contribution in [1.29, 1.82) is 0 Å². The van der Waals surface area contributed by atoms with E-state index in [1.807, 2.05) is 19.1 Å². The van der Waals surface area contributed by atoms with Crippen molar-refractivity contribution in [1.82, 2.24) is 0 Å². The summed E-state index contributed by atoms with van der Waals surface area (Å²) in [5.41, 5.74) is 10.1. The number of allylic oxidation sites excluding steroid dienone is 1. The Morgan fingerprint density at radius 2 is 1.63 bits per heavy atom. The lowest BCUT2D eigenvalue weighted by Crippen LogP contribution is -2.50. The number of nitrogens with one attached hydrogen (secondary N) is 1. The molecule has 4 bridgehead atoms. The van der Waals surface area contributed by atoms with Crippen molar-refractivity contribution in [2.24, 2.45) is 23.2 Å². The number of hydrogen-bond acceptors (Lipinski definition) is 8. The van der Waals surface area contributed by atoms with Crippen LogP contribution in [-0.4, -0.2) is 31.4 Å².